The fraction of sp³-hybridized carbons (Fsp3) is 0.588. The van der Waals surface area contributed by atoms with E-state index in [4.69, 9.17) is 0 Å². The van der Waals surface area contributed by atoms with Crippen LogP contribution in [-0.4, -0.2) is 71.8 Å². The second-order valence-electron chi connectivity index (χ2n) is 6.36. The van der Waals surface area contributed by atoms with Crippen LogP contribution in [0.2, 0.25) is 0 Å². The van der Waals surface area contributed by atoms with Crippen LogP contribution in [0, 0.1) is 0 Å². The summed E-state index contributed by atoms with van der Waals surface area (Å²) in [6.07, 6.45) is -4.01. The molecule has 7 nitrogen and oxygen atoms in total. The van der Waals surface area contributed by atoms with E-state index in [1.165, 1.54) is 0 Å². The number of carbonyl (C=O) groups is 2. The average molecular weight is 388 g/mol. The lowest BCUT2D eigenvalue weighted by Gasteiger charge is -2.39. The lowest BCUT2D eigenvalue weighted by atomic mass is 10.1. The topological polar surface area (TPSA) is 74.8 Å². The lowest BCUT2D eigenvalue weighted by molar-refractivity contribution is -0.160. The zero-order valence-electron chi connectivity index (χ0n) is 15.0. The van der Waals surface area contributed by atoms with Crippen LogP contribution in [0.3, 0.4) is 0 Å². The Hall–Kier alpha value is -2.36. The van der Waals surface area contributed by atoms with Crippen molar-refractivity contribution < 1.29 is 27.5 Å². The fourth-order valence-electron chi connectivity index (χ4n) is 2.88. The van der Waals surface area contributed by atoms with Crippen LogP contribution in [0.1, 0.15) is 19.0 Å². The molecule has 1 aromatic rings. The van der Waals surface area contributed by atoms with Crippen molar-refractivity contribution >= 4 is 12.0 Å². The van der Waals surface area contributed by atoms with Crippen LogP contribution in [0.4, 0.5) is 18.0 Å². The Morgan fingerprint density at radius 2 is 2.11 bits per heavy atom. The van der Waals surface area contributed by atoms with Gasteiger partial charge in [0.25, 0.3) is 0 Å². The fourth-order valence-corrected chi connectivity index (χ4v) is 2.88. The molecule has 0 aliphatic carbocycles. The van der Waals surface area contributed by atoms with Crippen molar-refractivity contribution in [1.82, 2.24) is 20.1 Å². The zero-order valence-corrected chi connectivity index (χ0v) is 15.0. The summed E-state index contributed by atoms with van der Waals surface area (Å²) < 4.78 is 39.9. The average Bonchev–Trinajstić information content (AvgIpc) is 2.60. The monoisotopic (exact) mass is 388 g/mol. The van der Waals surface area contributed by atoms with Crippen molar-refractivity contribution in [1.29, 1.82) is 0 Å². The van der Waals surface area contributed by atoms with Crippen molar-refractivity contribution in [2.45, 2.75) is 32.1 Å². The molecule has 0 unspecified atom stereocenters. The number of pyridine rings is 1. The molecule has 2 rings (SSSR count). The maximum absolute atomic E-state index is 12.3. The van der Waals surface area contributed by atoms with E-state index < -0.39 is 18.9 Å². The molecule has 1 aliphatic heterocycles. The van der Waals surface area contributed by atoms with Gasteiger partial charge in [-0.2, -0.15) is 13.2 Å². The molecule has 1 aromatic heterocycles. The number of aromatic nitrogens is 1. The molecule has 1 N–H and O–H groups in total. The summed E-state index contributed by atoms with van der Waals surface area (Å²) in [6, 6.07) is 5.73. The number of hydrogen-bond donors (Lipinski definition) is 1. The second-order valence-corrected chi connectivity index (χ2v) is 6.36. The van der Waals surface area contributed by atoms with Crippen LogP contribution in [0.15, 0.2) is 24.4 Å². The molecule has 150 valence electrons. The third-order valence-electron chi connectivity index (χ3n) is 4.12. The highest BCUT2D eigenvalue weighted by atomic mass is 19.4. The maximum atomic E-state index is 12.3. The number of hydrogen-bond acceptors (Lipinski definition) is 5. The molecule has 0 bridgehead atoms. The Kier molecular flexibility index (Phi) is 7.40. The minimum absolute atomic E-state index is 0.00565. The van der Waals surface area contributed by atoms with E-state index in [1.807, 2.05) is 25.1 Å². The van der Waals surface area contributed by atoms with Crippen LogP contribution in [0.25, 0.3) is 0 Å². The Labute approximate surface area is 155 Å². The van der Waals surface area contributed by atoms with Crippen LogP contribution in [0.5, 0.6) is 0 Å². The molecule has 0 aromatic carbocycles. The van der Waals surface area contributed by atoms with Crippen molar-refractivity contribution in [2.75, 3.05) is 32.8 Å². The van der Waals surface area contributed by atoms with Crippen molar-refractivity contribution in [2.24, 2.45) is 0 Å². The molecule has 1 fully saturated rings. The Morgan fingerprint density at radius 1 is 1.33 bits per heavy atom. The third-order valence-corrected chi connectivity index (χ3v) is 4.12. The van der Waals surface area contributed by atoms with Gasteiger partial charge in [0.2, 0.25) is 5.91 Å². The minimum Gasteiger partial charge on any atom is -0.440 e. The van der Waals surface area contributed by atoms with Gasteiger partial charge in [-0.1, -0.05) is 6.07 Å². The maximum Gasteiger partial charge on any atom is 0.422 e. The molecule has 1 atom stereocenters. The van der Waals surface area contributed by atoms with Crippen molar-refractivity contribution in [3.63, 3.8) is 0 Å². The van der Waals surface area contributed by atoms with Gasteiger partial charge >= 0.3 is 12.3 Å². The first-order valence-electron chi connectivity index (χ1n) is 8.64. The molecule has 0 spiro atoms. The molecule has 0 saturated carbocycles. The van der Waals surface area contributed by atoms with E-state index in [0.29, 0.717) is 26.2 Å². The summed E-state index contributed by atoms with van der Waals surface area (Å²) >= 11 is 0. The van der Waals surface area contributed by atoms with Gasteiger partial charge in [-0.05, 0) is 19.1 Å². The molecule has 2 amide bonds. The van der Waals surface area contributed by atoms with Gasteiger partial charge in [0.1, 0.15) is 0 Å². The van der Waals surface area contributed by atoms with E-state index in [-0.39, 0.29) is 24.9 Å². The van der Waals surface area contributed by atoms with Crippen molar-refractivity contribution in [3.8, 4) is 0 Å². The highest BCUT2D eigenvalue weighted by Crippen LogP contribution is 2.15. The number of ether oxygens (including phenoxy) is 1. The van der Waals surface area contributed by atoms with E-state index >= 15 is 0 Å². The first-order chi connectivity index (χ1) is 12.7. The Morgan fingerprint density at radius 3 is 2.74 bits per heavy atom. The summed E-state index contributed by atoms with van der Waals surface area (Å²) in [4.78, 5) is 31.7. The normalized spacial score (nSPS) is 18.2. The largest absolute Gasteiger partial charge is 0.440 e. The number of nitrogens with one attached hydrogen (secondary N) is 1. The Balaban J connectivity index is 1.69. The van der Waals surface area contributed by atoms with Crippen LogP contribution in [-0.2, 0) is 16.1 Å². The molecule has 10 heteroatoms. The van der Waals surface area contributed by atoms with E-state index in [0.717, 1.165) is 5.69 Å². The third kappa shape index (κ3) is 7.41. The summed E-state index contributed by atoms with van der Waals surface area (Å²) in [5.41, 5.74) is 0.964. The summed E-state index contributed by atoms with van der Waals surface area (Å²) in [7, 11) is 0. The van der Waals surface area contributed by atoms with Gasteiger partial charge in [-0.3, -0.25) is 14.7 Å². The Bertz CT molecular complexity index is 628. The quantitative estimate of drug-likeness (QED) is 0.804. The molecular weight excluding hydrogens is 365 g/mol. The number of piperazine rings is 1. The first-order valence-corrected chi connectivity index (χ1v) is 8.64. The number of alkyl carbamates (subject to hydrolysis) is 1. The smallest absolute Gasteiger partial charge is 0.422 e. The molecule has 27 heavy (non-hydrogen) atoms. The van der Waals surface area contributed by atoms with Gasteiger partial charge < -0.3 is 15.0 Å². The second kappa shape index (κ2) is 9.54. The van der Waals surface area contributed by atoms with Crippen molar-refractivity contribution in [3.05, 3.63) is 30.1 Å². The predicted octanol–water partition coefficient (Wildman–Crippen LogP) is 1.79. The number of carbonyl (C=O) groups excluding carboxylic acids is 2. The SMILES string of the molecule is C[C@@H]1CN(Cc2ccccn2)CCN1C(=O)CCNC(=O)OCC(F)(F)F. The summed E-state index contributed by atoms with van der Waals surface area (Å²) in [6.45, 7) is 2.87. The first kappa shape index (κ1) is 20.9. The number of amides is 2. The number of nitrogens with zero attached hydrogens (tertiary/aromatic N) is 3. The molecular formula is C17H23F3N4O3. The van der Waals surface area contributed by atoms with Gasteiger partial charge in [0.05, 0.1) is 5.69 Å². The van der Waals surface area contributed by atoms with E-state index in [2.05, 4.69) is 19.9 Å². The molecule has 1 saturated heterocycles. The number of alkyl halides is 3. The lowest BCUT2D eigenvalue weighted by Crippen LogP contribution is -2.54. The standard InChI is InChI=1S/C17H23F3N4O3/c1-13-10-23(11-14-4-2-3-6-21-14)8-9-24(13)15(25)5-7-22-16(26)27-12-17(18,19)20/h2-4,6,13H,5,7-12H2,1H3,(H,22,26)/t13-/m1/s1. The number of halogens is 3. The molecule has 1 aliphatic rings. The number of rotatable bonds is 6. The van der Waals surface area contributed by atoms with Gasteiger partial charge in [0.15, 0.2) is 6.61 Å². The molecule has 0 radical (unpaired) electrons. The molecule has 2 heterocycles. The van der Waals surface area contributed by atoms with Gasteiger partial charge in [0, 0.05) is 51.4 Å². The highest BCUT2D eigenvalue weighted by molar-refractivity contribution is 5.77. The predicted molar refractivity (Wildman–Crippen MR) is 90.7 cm³/mol. The van der Waals surface area contributed by atoms with E-state index in [1.54, 1.807) is 11.1 Å². The van der Waals surface area contributed by atoms with Crippen LogP contribution >= 0.6 is 0 Å². The van der Waals surface area contributed by atoms with Gasteiger partial charge in [-0.15, -0.1) is 0 Å². The summed E-state index contributed by atoms with van der Waals surface area (Å²) in [5, 5.41) is 2.15. The minimum atomic E-state index is -4.57. The summed E-state index contributed by atoms with van der Waals surface area (Å²) in [5.74, 6) is -0.156. The highest BCUT2D eigenvalue weighted by Gasteiger charge is 2.30. The van der Waals surface area contributed by atoms with Gasteiger partial charge in [-0.25, -0.2) is 4.79 Å². The zero-order chi connectivity index (χ0) is 19.9. The van der Waals surface area contributed by atoms with Crippen LogP contribution < -0.4 is 5.32 Å². The van der Waals surface area contributed by atoms with E-state index in [9.17, 15) is 22.8 Å².